The van der Waals surface area contributed by atoms with Gasteiger partial charge >= 0.3 is 0 Å². The smallest absolute Gasteiger partial charge is 0.223 e. The number of likely N-dealkylation sites (tertiary alicyclic amines) is 1. The van der Waals surface area contributed by atoms with Crippen molar-refractivity contribution in [3.63, 3.8) is 0 Å². The molecule has 0 aliphatic carbocycles. The van der Waals surface area contributed by atoms with E-state index in [-0.39, 0.29) is 5.91 Å². The first-order chi connectivity index (χ1) is 11.6. The number of thiazole rings is 1. The molecule has 24 heavy (non-hydrogen) atoms. The second kappa shape index (κ2) is 7.85. The van der Waals surface area contributed by atoms with Gasteiger partial charge in [-0.05, 0) is 50.3 Å². The fraction of sp³-hybridized carbons (Fsp3) is 0.500. The Morgan fingerprint density at radius 3 is 3.00 bits per heavy atom. The van der Waals surface area contributed by atoms with Crippen LogP contribution in [0.4, 0.5) is 5.13 Å². The molecule has 0 aromatic carbocycles. The van der Waals surface area contributed by atoms with Gasteiger partial charge in [0.15, 0.2) is 5.13 Å². The molecule has 1 saturated heterocycles. The molecule has 0 spiro atoms. The molecule has 2 aromatic rings. The molecule has 1 amide bonds. The molecular formula is C18H24N4OS. The Labute approximate surface area is 147 Å². The van der Waals surface area contributed by atoms with Crippen LogP contribution in [0, 0.1) is 12.8 Å². The van der Waals surface area contributed by atoms with Crippen LogP contribution in [0.2, 0.25) is 0 Å². The van der Waals surface area contributed by atoms with E-state index >= 15 is 0 Å². The zero-order valence-corrected chi connectivity index (χ0v) is 15.1. The molecular weight excluding hydrogens is 320 g/mol. The Morgan fingerprint density at radius 1 is 1.38 bits per heavy atom. The van der Waals surface area contributed by atoms with Crippen LogP contribution in [0.5, 0.6) is 0 Å². The molecule has 5 nitrogen and oxygen atoms in total. The molecule has 0 radical (unpaired) electrons. The van der Waals surface area contributed by atoms with Crippen LogP contribution in [0.15, 0.2) is 24.5 Å². The quantitative estimate of drug-likeness (QED) is 0.904. The molecule has 0 saturated carbocycles. The fourth-order valence-electron chi connectivity index (χ4n) is 3.19. The summed E-state index contributed by atoms with van der Waals surface area (Å²) in [6, 6.07) is 4.29. The van der Waals surface area contributed by atoms with Crippen molar-refractivity contribution >= 4 is 22.4 Å². The number of carbonyl (C=O) groups is 1. The number of hydrogen-bond donors (Lipinski definition) is 1. The van der Waals surface area contributed by atoms with Gasteiger partial charge in [0.25, 0.3) is 0 Å². The Morgan fingerprint density at radius 2 is 2.25 bits per heavy atom. The molecule has 1 N–H and O–H groups in total. The molecule has 1 fully saturated rings. The standard InChI is InChI=1S/C18H24N4OS/c1-13-5-6-16(19-9-13)8-15-4-3-7-22(11-15)12-17-10-20-18(24-17)21-14(2)23/h5-6,9-10,15H,3-4,7-8,11-12H2,1-2H3,(H,20,21,23)/t15-/m0/s1. The van der Waals surface area contributed by atoms with E-state index in [9.17, 15) is 4.79 Å². The van der Waals surface area contributed by atoms with Gasteiger partial charge in [0.2, 0.25) is 5.91 Å². The minimum atomic E-state index is -0.0699. The molecule has 1 aliphatic rings. The lowest BCUT2D eigenvalue weighted by atomic mass is 9.93. The van der Waals surface area contributed by atoms with E-state index in [1.165, 1.54) is 35.9 Å². The van der Waals surface area contributed by atoms with Crippen molar-refractivity contribution in [3.05, 3.63) is 40.7 Å². The maximum absolute atomic E-state index is 11.1. The van der Waals surface area contributed by atoms with Gasteiger partial charge in [0, 0.05) is 43.0 Å². The van der Waals surface area contributed by atoms with E-state index in [4.69, 9.17) is 0 Å². The van der Waals surface area contributed by atoms with Crippen molar-refractivity contribution in [2.45, 2.75) is 39.7 Å². The lowest BCUT2D eigenvalue weighted by Gasteiger charge is -2.32. The predicted octanol–water partition coefficient (Wildman–Crippen LogP) is 3.26. The van der Waals surface area contributed by atoms with E-state index in [0.717, 1.165) is 26.1 Å². The number of amides is 1. The minimum absolute atomic E-state index is 0.0699. The monoisotopic (exact) mass is 344 g/mol. The normalized spacial score (nSPS) is 18.5. The summed E-state index contributed by atoms with van der Waals surface area (Å²) in [6.07, 6.45) is 7.38. The highest BCUT2D eigenvalue weighted by Gasteiger charge is 2.21. The van der Waals surface area contributed by atoms with Crippen molar-refractivity contribution in [1.82, 2.24) is 14.9 Å². The number of rotatable bonds is 5. The molecule has 1 atom stereocenters. The van der Waals surface area contributed by atoms with E-state index in [1.54, 1.807) is 11.3 Å². The van der Waals surface area contributed by atoms with Crippen LogP contribution in [0.3, 0.4) is 0 Å². The zero-order valence-electron chi connectivity index (χ0n) is 14.3. The van der Waals surface area contributed by atoms with Crippen LogP contribution in [0.25, 0.3) is 0 Å². The Hall–Kier alpha value is -1.79. The number of nitrogens with one attached hydrogen (secondary N) is 1. The van der Waals surface area contributed by atoms with Crippen LogP contribution in [-0.2, 0) is 17.8 Å². The molecule has 3 rings (SSSR count). The van der Waals surface area contributed by atoms with E-state index < -0.39 is 0 Å². The first-order valence-electron chi connectivity index (χ1n) is 8.44. The number of pyridine rings is 1. The molecule has 3 heterocycles. The highest BCUT2D eigenvalue weighted by atomic mass is 32.1. The third-order valence-electron chi connectivity index (χ3n) is 4.29. The first-order valence-corrected chi connectivity index (χ1v) is 9.26. The second-order valence-corrected chi connectivity index (χ2v) is 7.70. The van der Waals surface area contributed by atoms with Gasteiger partial charge in [-0.3, -0.25) is 14.7 Å². The summed E-state index contributed by atoms with van der Waals surface area (Å²) in [7, 11) is 0. The lowest BCUT2D eigenvalue weighted by Crippen LogP contribution is -2.35. The summed E-state index contributed by atoms with van der Waals surface area (Å²) in [6.45, 7) is 6.72. The fourth-order valence-corrected chi connectivity index (χ4v) is 4.09. The van der Waals surface area contributed by atoms with Gasteiger partial charge in [0.1, 0.15) is 0 Å². The van der Waals surface area contributed by atoms with Crippen LogP contribution in [-0.4, -0.2) is 33.9 Å². The van der Waals surface area contributed by atoms with Crippen LogP contribution >= 0.6 is 11.3 Å². The second-order valence-electron chi connectivity index (χ2n) is 6.59. The number of aromatic nitrogens is 2. The average Bonchev–Trinajstić information content (AvgIpc) is 2.96. The summed E-state index contributed by atoms with van der Waals surface area (Å²) in [5, 5.41) is 3.44. The molecule has 0 bridgehead atoms. The molecule has 6 heteroatoms. The van der Waals surface area contributed by atoms with Gasteiger partial charge in [-0.1, -0.05) is 6.07 Å². The minimum Gasteiger partial charge on any atom is -0.302 e. The lowest BCUT2D eigenvalue weighted by molar-refractivity contribution is -0.114. The average molecular weight is 344 g/mol. The van der Waals surface area contributed by atoms with Crippen molar-refractivity contribution in [3.8, 4) is 0 Å². The molecule has 2 aromatic heterocycles. The number of carbonyl (C=O) groups excluding carboxylic acids is 1. The van der Waals surface area contributed by atoms with Crippen LogP contribution < -0.4 is 5.32 Å². The Balaban J connectivity index is 1.54. The highest BCUT2D eigenvalue weighted by molar-refractivity contribution is 7.15. The number of piperidine rings is 1. The van der Waals surface area contributed by atoms with Gasteiger partial charge in [0.05, 0.1) is 0 Å². The summed E-state index contributed by atoms with van der Waals surface area (Å²) < 4.78 is 0. The van der Waals surface area contributed by atoms with E-state index in [0.29, 0.717) is 11.0 Å². The maximum Gasteiger partial charge on any atom is 0.223 e. The third-order valence-corrected chi connectivity index (χ3v) is 5.19. The van der Waals surface area contributed by atoms with Gasteiger partial charge in [-0.2, -0.15) is 0 Å². The summed E-state index contributed by atoms with van der Waals surface area (Å²) in [5.74, 6) is 0.594. The van der Waals surface area contributed by atoms with Crippen molar-refractivity contribution < 1.29 is 4.79 Å². The van der Waals surface area contributed by atoms with Crippen molar-refractivity contribution in [2.24, 2.45) is 5.92 Å². The maximum atomic E-state index is 11.1. The summed E-state index contributed by atoms with van der Waals surface area (Å²) in [5.41, 5.74) is 2.40. The predicted molar refractivity (Wildman–Crippen MR) is 97.1 cm³/mol. The van der Waals surface area contributed by atoms with Gasteiger partial charge < -0.3 is 5.32 Å². The van der Waals surface area contributed by atoms with Gasteiger partial charge in [-0.15, -0.1) is 11.3 Å². The number of hydrogen-bond acceptors (Lipinski definition) is 5. The topological polar surface area (TPSA) is 58.1 Å². The SMILES string of the molecule is CC(=O)Nc1ncc(CN2CCC[C@@H](Cc3ccc(C)cn3)C2)s1. The first kappa shape index (κ1) is 17.0. The molecule has 128 valence electrons. The van der Waals surface area contributed by atoms with Crippen molar-refractivity contribution in [2.75, 3.05) is 18.4 Å². The Bertz CT molecular complexity index is 683. The van der Waals surface area contributed by atoms with Crippen molar-refractivity contribution in [1.29, 1.82) is 0 Å². The van der Waals surface area contributed by atoms with E-state index in [2.05, 4.69) is 39.2 Å². The summed E-state index contributed by atoms with van der Waals surface area (Å²) in [4.78, 5) is 23.6. The van der Waals surface area contributed by atoms with Gasteiger partial charge in [-0.25, -0.2) is 4.98 Å². The number of aryl methyl sites for hydroxylation is 1. The highest BCUT2D eigenvalue weighted by Crippen LogP contribution is 2.24. The number of anilines is 1. The molecule has 0 unspecified atom stereocenters. The van der Waals surface area contributed by atoms with E-state index in [1.807, 2.05) is 12.4 Å². The largest absolute Gasteiger partial charge is 0.302 e. The van der Waals surface area contributed by atoms with Crippen LogP contribution in [0.1, 0.15) is 35.9 Å². The number of nitrogens with zero attached hydrogens (tertiary/aromatic N) is 3. The molecule has 1 aliphatic heterocycles. The third kappa shape index (κ3) is 4.85. The Kier molecular flexibility index (Phi) is 5.58. The summed E-state index contributed by atoms with van der Waals surface area (Å²) >= 11 is 1.56. The zero-order chi connectivity index (χ0) is 16.9.